The topological polar surface area (TPSA) is 95.6 Å². The maximum Gasteiger partial charge on any atom is 0.264 e. The molecule has 4 aromatic rings. The first-order valence-electron chi connectivity index (χ1n) is 11.5. The molecule has 0 fully saturated rings. The lowest BCUT2D eigenvalue weighted by atomic mass is 10.1. The number of carbonyl (C=O) groups excluding carboxylic acids is 2. The number of hydrogen-bond donors (Lipinski definition) is 2. The average molecular weight is 568 g/mol. The van der Waals surface area contributed by atoms with Gasteiger partial charge in [-0.1, -0.05) is 71.7 Å². The van der Waals surface area contributed by atoms with Crippen molar-refractivity contribution in [3.8, 4) is 0 Å². The highest BCUT2D eigenvalue weighted by atomic mass is 35.5. The average Bonchev–Trinajstić information content (AvgIpc) is 2.91. The summed E-state index contributed by atoms with van der Waals surface area (Å²) in [4.78, 5) is 26.0. The van der Waals surface area contributed by atoms with E-state index in [2.05, 4.69) is 10.6 Å². The number of rotatable bonds is 9. The molecule has 38 heavy (non-hydrogen) atoms. The molecule has 4 aromatic carbocycles. The fourth-order valence-electron chi connectivity index (χ4n) is 3.66. The predicted molar refractivity (Wildman–Crippen MR) is 150 cm³/mol. The van der Waals surface area contributed by atoms with Gasteiger partial charge in [-0.05, 0) is 60.2 Å². The molecular weight excluding hydrogens is 545 g/mol. The first-order valence-corrected chi connectivity index (χ1v) is 13.7. The minimum Gasteiger partial charge on any atom is -0.348 e. The van der Waals surface area contributed by atoms with Gasteiger partial charge in [0.1, 0.15) is 6.54 Å². The Kier molecular flexibility index (Phi) is 8.68. The smallest absolute Gasteiger partial charge is 0.264 e. The van der Waals surface area contributed by atoms with Gasteiger partial charge in [-0.2, -0.15) is 0 Å². The highest BCUT2D eigenvalue weighted by Crippen LogP contribution is 2.27. The zero-order valence-corrected chi connectivity index (χ0v) is 22.3. The van der Waals surface area contributed by atoms with Crippen LogP contribution in [0.4, 0.5) is 11.4 Å². The van der Waals surface area contributed by atoms with Crippen LogP contribution < -0.4 is 14.9 Å². The molecule has 0 unspecified atom stereocenters. The molecule has 10 heteroatoms. The molecule has 0 radical (unpaired) electrons. The Hall–Kier alpha value is -3.85. The molecule has 0 heterocycles. The monoisotopic (exact) mass is 567 g/mol. The van der Waals surface area contributed by atoms with Gasteiger partial charge in [-0.25, -0.2) is 8.42 Å². The fraction of sp³-hybridized carbons (Fsp3) is 0.0714. The number of nitrogens with one attached hydrogen (secondary N) is 2. The van der Waals surface area contributed by atoms with E-state index in [0.717, 1.165) is 9.87 Å². The van der Waals surface area contributed by atoms with Crippen molar-refractivity contribution in [1.82, 2.24) is 5.32 Å². The number of sulfonamides is 1. The Labute approximate surface area is 231 Å². The molecule has 0 aliphatic carbocycles. The van der Waals surface area contributed by atoms with Gasteiger partial charge in [-0.3, -0.25) is 13.9 Å². The van der Waals surface area contributed by atoms with Crippen LogP contribution in [0.15, 0.2) is 108 Å². The number of carbonyl (C=O) groups is 2. The van der Waals surface area contributed by atoms with Crippen LogP contribution in [0.25, 0.3) is 0 Å². The van der Waals surface area contributed by atoms with Crippen LogP contribution in [0.3, 0.4) is 0 Å². The Balaban J connectivity index is 1.57. The number of nitrogens with zero attached hydrogens (tertiary/aromatic N) is 1. The second-order valence-electron chi connectivity index (χ2n) is 8.21. The van der Waals surface area contributed by atoms with E-state index in [1.165, 1.54) is 36.4 Å². The summed E-state index contributed by atoms with van der Waals surface area (Å²) in [5.74, 6) is -1.03. The number of amides is 2. The van der Waals surface area contributed by atoms with Crippen molar-refractivity contribution < 1.29 is 18.0 Å². The third-order valence-corrected chi connectivity index (χ3v) is 7.80. The summed E-state index contributed by atoms with van der Waals surface area (Å²) in [6.45, 7) is -0.255. The van der Waals surface area contributed by atoms with Crippen LogP contribution in [0.1, 0.15) is 15.9 Å². The molecule has 2 N–H and O–H groups in total. The lowest BCUT2D eigenvalue weighted by Gasteiger charge is -2.24. The number of halogens is 2. The molecule has 0 bridgehead atoms. The minimum atomic E-state index is -4.16. The Morgan fingerprint density at radius 2 is 1.45 bits per heavy atom. The lowest BCUT2D eigenvalue weighted by molar-refractivity contribution is -0.114. The van der Waals surface area contributed by atoms with Gasteiger partial charge in [0.15, 0.2) is 0 Å². The van der Waals surface area contributed by atoms with Crippen molar-refractivity contribution in [3.63, 3.8) is 0 Å². The number of benzene rings is 4. The van der Waals surface area contributed by atoms with Crippen LogP contribution in [-0.2, 0) is 21.4 Å². The summed E-state index contributed by atoms with van der Waals surface area (Å²) in [6, 6.07) is 27.7. The van der Waals surface area contributed by atoms with Crippen molar-refractivity contribution in [3.05, 3.63) is 124 Å². The summed E-state index contributed by atoms with van der Waals surface area (Å²) in [7, 11) is -4.16. The van der Waals surface area contributed by atoms with Gasteiger partial charge in [0.2, 0.25) is 5.91 Å². The van der Waals surface area contributed by atoms with E-state index in [0.29, 0.717) is 16.6 Å². The zero-order chi connectivity index (χ0) is 27.1. The van der Waals surface area contributed by atoms with Crippen molar-refractivity contribution in [2.45, 2.75) is 11.4 Å². The van der Waals surface area contributed by atoms with Crippen LogP contribution in [0.5, 0.6) is 0 Å². The van der Waals surface area contributed by atoms with E-state index in [1.54, 1.807) is 36.4 Å². The number of para-hydroxylation sites is 1. The highest BCUT2D eigenvalue weighted by Gasteiger charge is 2.28. The molecule has 7 nitrogen and oxygen atoms in total. The second kappa shape index (κ2) is 12.1. The van der Waals surface area contributed by atoms with Gasteiger partial charge in [-0.15, -0.1) is 0 Å². The Morgan fingerprint density at radius 1 is 0.763 bits per heavy atom. The quantitative estimate of drug-likeness (QED) is 0.269. The van der Waals surface area contributed by atoms with E-state index < -0.39 is 22.5 Å². The molecule has 0 aliphatic rings. The summed E-state index contributed by atoms with van der Waals surface area (Å²) in [5.41, 5.74) is 1.62. The first kappa shape index (κ1) is 27.2. The van der Waals surface area contributed by atoms with Crippen molar-refractivity contribution in [2.24, 2.45) is 0 Å². The highest BCUT2D eigenvalue weighted by molar-refractivity contribution is 7.92. The minimum absolute atomic E-state index is 0.0460. The van der Waals surface area contributed by atoms with E-state index in [1.807, 2.05) is 30.3 Å². The molecule has 2 amide bonds. The first-order chi connectivity index (χ1) is 18.2. The molecule has 0 aromatic heterocycles. The Bertz CT molecular complexity index is 1550. The number of anilines is 2. The molecule has 0 spiro atoms. The molecular formula is C28H23Cl2N3O4S. The van der Waals surface area contributed by atoms with Gasteiger partial charge >= 0.3 is 0 Å². The predicted octanol–water partition coefficient (Wildman–Crippen LogP) is 5.76. The van der Waals surface area contributed by atoms with Crippen molar-refractivity contribution in [2.75, 3.05) is 16.2 Å². The molecule has 0 saturated carbocycles. The van der Waals surface area contributed by atoms with Crippen molar-refractivity contribution in [1.29, 1.82) is 0 Å². The van der Waals surface area contributed by atoms with E-state index in [9.17, 15) is 18.0 Å². The Morgan fingerprint density at radius 3 is 2.16 bits per heavy atom. The van der Waals surface area contributed by atoms with Crippen molar-refractivity contribution >= 4 is 56.4 Å². The van der Waals surface area contributed by atoms with Gasteiger partial charge in [0.25, 0.3) is 15.9 Å². The largest absolute Gasteiger partial charge is 0.348 e. The molecule has 0 saturated heterocycles. The maximum atomic E-state index is 13.5. The van der Waals surface area contributed by atoms with Crippen LogP contribution in [0, 0.1) is 0 Å². The normalized spacial score (nSPS) is 11.0. The third kappa shape index (κ3) is 6.72. The lowest BCUT2D eigenvalue weighted by Crippen LogP contribution is -2.38. The standard InChI is InChI=1S/C28H23Cl2N3O4S/c29-21-13-15-24(16-14-21)38(36,37)33(23-10-6-9-22(30)17-23)19-27(34)32-26-12-5-4-11-25(26)28(35)31-18-20-7-2-1-3-8-20/h1-17H,18-19H2,(H,31,35)(H,32,34). The summed E-state index contributed by atoms with van der Waals surface area (Å²) in [6.07, 6.45) is 0. The molecule has 0 atom stereocenters. The molecule has 194 valence electrons. The van der Waals surface area contributed by atoms with E-state index in [-0.39, 0.29) is 27.7 Å². The van der Waals surface area contributed by atoms with E-state index >= 15 is 0 Å². The third-order valence-electron chi connectivity index (χ3n) is 5.53. The van der Waals surface area contributed by atoms with Crippen LogP contribution >= 0.6 is 23.2 Å². The second-order valence-corrected chi connectivity index (χ2v) is 10.9. The van der Waals surface area contributed by atoms with Crippen LogP contribution in [-0.4, -0.2) is 26.8 Å². The SMILES string of the molecule is O=C(CN(c1cccc(Cl)c1)S(=O)(=O)c1ccc(Cl)cc1)Nc1ccccc1C(=O)NCc1ccccc1. The van der Waals surface area contributed by atoms with Gasteiger partial charge in [0.05, 0.1) is 21.8 Å². The fourth-order valence-corrected chi connectivity index (χ4v) is 5.39. The van der Waals surface area contributed by atoms with Gasteiger partial charge in [0, 0.05) is 16.6 Å². The molecule has 0 aliphatic heterocycles. The van der Waals surface area contributed by atoms with Crippen LogP contribution in [0.2, 0.25) is 10.0 Å². The summed E-state index contributed by atoms with van der Waals surface area (Å²) < 4.78 is 28.0. The number of hydrogen-bond acceptors (Lipinski definition) is 4. The summed E-state index contributed by atoms with van der Waals surface area (Å²) in [5, 5.41) is 6.19. The zero-order valence-electron chi connectivity index (χ0n) is 20.0. The van der Waals surface area contributed by atoms with Gasteiger partial charge < -0.3 is 10.6 Å². The maximum absolute atomic E-state index is 13.5. The molecule has 4 rings (SSSR count). The summed E-state index contributed by atoms with van der Waals surface area (Å²) >= 11 is 12.0. The van der Waals surface area contributed by atoms with E-state index in [4.69, 9.17) is 23.2 Å².